The van der Waals surface area contributed by atoms with Crippen LogP contribution in [0.25, 0.3) is 0 Å². The van der Waals surface area contributed by atoms with Gasteiger partial charge >= 0.3 is 5.97 Å². The molecule has 6 heteroatoms. The van der Waals surface area contributed by atoms with E-state index in [2.05, 4.69) is 62.5 Å². The number of carbonyl (C=O) groups is 2. The van der Waals surface area contributed by atoms with Crippen LogP contribution >= 0.6 is 0 Å². The van der Waals surface area contributed by atoms with E-state index in [-0.39, 0.29) is 24.9 Å². The molecule has 0 spiro atoms. The molecular weight excluding hydrogens is 731 g/mol. The molecule has 0 saturated heterocycles. The van der Waals surface area contributed by atoms with Crippen molar-refractivity contribution in [2.75, 3.05) is 6.61 Å². The third-order valence-electron chi connectivity index (χ3n) is 11.7. The Hall–Kier alpha value is -1.92. The smallest absolute Gasteiger partial charge is 0.306 e. The number of unbranched alkanes of at least 4 members (excludes halogenated alkanes) is 29. The number of nitrogens with one attached hydrogen (secondary N) is 1. The van der Waals surface area contributed by atoms with E-state index in [1.807, 2.05) is 0 Å². The van der Waals surface area contributed by atoms with Crippen molar-refractivity contribution in [2.45, 2.75) is 283 Å². The van der Waals surface area contributed by atoms with Crippen LogP contribution in [0.3, 0.4) is 0 Å². The van der Waals surface area contributed by atoms with Crippen molar-refractivity contribution in [2.24, 2.45) is 0 Å². The molecule has 0 radical (unpaired) electrons. The Morgan fingerprint density at radius 1 is 0.492 bits per heavy atom. The number of amides is 1. The third kappa shape index (κ3) is 42.6. The van der Waals surface area contributed by atoms with Crippen LogP contribution in [0.4, 0.5) is 0 Å². The number of hydrogen-bond donors (Lipinski definition) is 3. The van der Waals surface area contributed by atoms with Gasteiger partial charge < -0.3 is 20.3 Å². The largest absolute Gasteiger partial charge is 0.462 e. The Kier molecular flexibility index (Phi) is 45.6. The molecule has 1 amide bonds. The lowest BCUT2D eigenvalue weighted by molar-refractivity contribution is -0.151. The summed E-state index contributed by atoms with van der Waals surface area (Å²) in [5.74, 6) is -0.498. The van der Waals surface area contributed by atoms with Crippen LogP contribution in [0.2, 0.25) is 0 Å². The number of allylic oxidation sites excluding steroid dienone is 6. The molecule has 0 aromatic heterocycles. The van der Waals surface area contributed by atoms with Crippen LogP contribution in [0.1, 0.15) is 265 Å². The van der Waals surface area contributed by atoms with Crippen LogP contribution in [0, 0.1) is 0 Å². The maximum atomic E-state index is 13.2. The molecule has 3 atom stereocenters. The maximum Gasteiger partial charge on any atom is 0.306 e. The van der Waals surface area contributed by atoms with Crippen molar-refractivity contribution in [3.8, 4) is 0 Å². The normalized spacial score (nSPS) is 13.5. The highest BCUT2D eigenvalue weighted by Gasteiger charge is 2.24. The predicted octanol–water partition coefficient (Wildman–Crippen LogP) is 15.3. The zero-order valence-electron chi connectivity index (χ0n) is 39.4. The molecule has 0 aromatic rings. The molecule has 0 rings (SSSR count). The zero-order valence-corrected chi connectivity index (χ0v) is 39.4. The first-order valence-electron chi connectivity index (χ1n) is 25.7. The molecule has 0 aromatic carbocycles. The van der Waals surface area contributed by atoms with Crippen molar-refractivity contribution in [3.05, 3.63) is 36.5 Å². The average molecular weight is 830 g/mol. The van der Waals surface area contributed by atoms with Crippen molar-refractivity contribution >= 4 is 11.9 Å². The van der Waals surface area contributed by atoms with Crippen molar-refractivity contribution in [3.63, 3.8) is 0 Å². The SMILES string of the molecule is CCCCC/C=C/C=C/CCCCCCC(CC(=O)NC(CO)C(O)CCCCCCCCCCC)OC(=O)CCCCCCC/C=C/CCCCCCCCCCC. The predicted molar refractivity (Wildman–Crippen MR) is 255 cm³/mol. The molecule has 59 heavy (non-hydrogen) atoms. The van der Waals surface area contributed by atoms with Gasteiger partial charge in [-0.1, -0.05) is 211 Å². The average Bonchev–Trinajstić information content (AvgIpc) is 3.23. The molecule has 0 saturated carbocycles. The summed E-state index contributed by atoms with van der Waals surface area (Å²) in [6.07, 6.45) is 54.9. The standard InChI is InChI=1S/C53H99NO5/c1-4-7-10-13-16-19-21-23-24-25-26-27-29-31-34-37-40-43-46-53(58)59-49(44-41-38-35-33-30-28-22-20-17-14-11-8-5-2)47-52(57)54-50(48-55)51(56)45-42-39-36-32-18-15-12-9-6-3/h17,20,22,26-28,49-51,55-56H,4-16,18-19,21,23-25,29-48H2,1-3H3,(H,54,57)/b20-17+,27-26+,28-22+. The lowest BCUT2D eigenvalue weighted by Crippen LogP contribution is -2.46. The minimum Gasteiger partial charge on any atom is -0.462 e. The number of hydrogen-bond acceptors (Lipinski definition) is 5. The van der Waals surface area contributed by atoms with Gasteiger partial charge in [0.15, 0.2) is 0 Å². The lowest BCUT2D eigenvalue weighted by atomic mass is 10.0. The van der Waals surface area contributed by atoms with Gasteiger partial charge in [0.1, 0.15) is 6.10 Å². The van der Waals surface area contributed by atoms with E-state index >= 15 is 0 Å². The van der Waals surface area contributed by atoms with Gasteiger partial charge in [-0.3, -0.25) is 9.59 Å². The van der Waals surface area contributed by atoms with Gasteiger partial charge in [0.25, 0.3) is 0 Å². The summed E-state index contributed by atoms with van der Waals surface area (Å²) >= 11 is 0. The molecule has 0 heterocycles. The molecule has 3 unspecified atom stereocenters. The second-order valence-electron chi connectivity index (χ2n) is 17.6. The molecule has 0 fully saturated rings. The van der Waals surface area contributed by atoms with E-state index in [0.717, 1.165) is 83.5 Å². The lowest BCUT2D eigenvalue weighted by Gasteiger charge is -2.24. The van der Waals surface area contributed by atoms with Crippen molar-refractivity contribution in [1.29, 1.82) is 0 Å². The molecule has 0 aliphatic carbocycles. The van der Waals surface area contributed by atoms with Gasteiger partial charge in [-0.2, -0.15) is 0 Å². The Labute approximate surface area is 366 Å². The van der Waals surface area contributed by atoms with Crippen LogP contribution in [-0.2, 0) is 14.3 Å². The van der Waals surface area contributed by atoms with Gasteiger partial charge in [0.2, 0.25) is 5.91 Å². The van der Waals surface area contributed by atoms with E-state index in [9.17, 15) is 19.8 Å². The highest BCUT2D eigenvalue weighted by atomic mass is 16.5. The van der Waals surface area contributed by atoms with Gasteiger partial charge in [-0.05, 0) is 77.0 Å². The summed E-state index contributed by atoms with van der Waals surface area (Å²) in [7, 11) is 0. The highest BCUT2D eigenvalue weighted by Crippen LogP contribution is 2.17. The first-order chi connectivity index (χ1) is 29.0. The van der Waals surface area contributed by atoms with Crippen LogP contribution in [-0.4, -0.2) is 46.9 Å². The number of aliphatic hydroxyl groups is 2. The van der Waals surface area contributed by atoms with Crippen molar-refractivity contribution < 1.29 is 24.5 Å². The fourth-order valence-electron chi connectivity index (χ4n) is 7.77. The molecule has 0 aliphatic rings. The summed E-state index contributed by atoms with van der Waals surface area (Å²) in [4.78, 5) is 26.1. The summed E-state index contributed by atoms with van der Waals surface area (Å²) < 4.78 is 5.92. The van der Waals surface area contributed by atoms with Crippen LogP contribution in [0.5, 0.6) is 0 Å². The molecule has 0 bridgehead atoms. The van der Waals surface area contributed by atoms with Crippen LogP contribution < -0.4 is 5.32 Å². The van der Waals surface area contributed by atoms with E-state index in [4.69, 9.17) is 4.74 Å². The van der Waals surface area contributed by atoms with E-state index in [0.29, 0.717) is 19.3 Å². The number of ether oxygens (including phenoxy) is 1. The Morgan fingerprint density at radius 2 is 0.864 bits per heavy atom. The van der Waals surface area contributed by atoms with E-state index < -0.39 is 18.2 Å². The fraction of sp³-hybridized carbons (Fsp3) is 0.849. The molecule has 3 N–H and O–H groups in total. The molecule has 346 valence electrons. The fourth-order valence-corrected chi connectivity index (χ4v) is 7.77. The van der Waals surface area contributed by atoms with Crippen LogP contribution in [0.15, 0.2) is 36.5 Å². The van der Waals surface area contributed by atoms with Gasteiger partial charge in [0.05, 0.1) is 25.2 Å². The second kappa shape index (κ2) is 47.1. The maximum absolute atomic E-state index is 13.2. The monoisotopic (exact) mass is 830 g/mol. The topological polar surface area (TPSA) is 95.9 Å². The number of rotatable bonds is 46. The Balaban J connectivity index is 4.55. The number of esters is 1. The number of carbonyl (C=O) groups excluding carboxylic acids is 2. The molecule has 6 nitrogen and oxygen atoms in total. The zero-order chi connectivity index (χ0) is 43.1. The van der Waals surface area contributed by atoms with Gasteiger partial charge in [-0.25, -0.2) is 0 Å². The first kappa shape index (κ1) is 57.1. The molecular formula is C53H99NO5. The van der Waals surface area contributed by atoms with E-state index in [1.165, 1.54) is 135 Å². The number of aliphatic hydroxyl groups excluding tert-OH is 2. The highest BCUT2D eigenvalue weighted by molar-refractivity contribution is 5.77. The van der Waals surface area contributed by atoms with Gasteiger partial charge in [-0.15, -0.1) is 0 Å². The van der Waals surface area contributed by atoms with Crippen molar-refractivity contribution in [1.82, 2.24) is 5.32 Å². The summed E-state index contributed by atoms with van der Waals surface area (Å²) in [6, 6.07) is -0.706. The third-order valence-corrected chi connectivity index (χ3v) is 11.7. The second-order valence-corrected chi connectivity index (χ2v) is 17.6. The Morgan fingerprint density at radius 3 is 1.34 bits per heavy atom. The first-order valence-corrected chi connectivity index (χ1v) is 25.7. The minimum atomic E-state index is -0.791. The van der Waals surface area contributed by atoms with Gasteiger partial charge in [0, 0.05) is 6.42 Å². The van der Waals surface area contributed by atoms with E-state index in [1.54, 1.807) is 0 Å². The Bertz CT molecular complexity index is 977. The minimum absolute atomic E-state index is 0.0625. The summed E-state index contributed by atoms with van der Waals surface area (Å²) in [6.45, 7) is 6.43. The quantitative estimate of drug-likeness (QED) is 0.0246. The molecule has 0 aliphatic heterocycles. The summed E-state index contributed by atoms with van der Waals surface area (Å²) in [5.41, 5.74) is 0. The summed E-state index contributed by atoms with van der Waals surface area (Å²) in [5, 5.41) is 23.7.